The third-order valence-electron chi connectivity index (χ3n) is 4.87. The van der Waals surface area contributed by atoms with Gasteiger partial charge in [0.2, 0.25) is 5.82 Å². The van der Waals surface area contributed by atoms with Crippen LogP contribution in [0.25, 0.3) is 17.3 Å². The van der Waals surface area contributed by atoms with Crippen LogP contribution in [0.1, 0.15) is 21.1 Å². The minimum atomic E-state index is -0.198. The number of aromatic nitrogens is 4. The standard InChI is InChI=1S/C24H18ClN5O2S2/c25-17-9-4-5-10-19(17)30-22(20-11-6-12-32-20)28-29-24(30)34-15-21-27-18(14-33-21)23(31)26-13-16-7-2-1-3-8-16/h1-12,14H,13,15H2,(H,26,31). The zero-order chi connectivity index (χ0) is 23.3. The number of nitrogens with one attached hydrogen (secondary N) is 1. The summed E-state index contributed by atoms with van der Waals surface area (Å²) in [6.45, 7) is 0.456. The molecule has 10 heteroatoms. The number of hydrogen-bond acceptors (Lipinski definition) is 7. The van der Waals surface area contributed by atoms with Crippen LogP contribution in [0.4, 0.5) is 0 Å². The Labute approximate surface area is 208 Å². The molecule has 3 heterocycles. The maximum atomic E-state index is 12.5. The van der Waals surface area contributed by atoms with E-state index in [-0.39, 0.29) is 5.91 Å². The zero-order valence-corrected chi connectivity index (χ0v) is 20.1. The summed E-state index contributed by atoms with van der Waals surface area (Å²) >= 11 is 9.38. The summed E-state index contributed by atoms with van der Waals surface area (Å²) in [5.74, 6) is 1.47. The number of rotatable bonds is 8. The molecule has 0 saturated heterocycles. The topological polar surface area (TPSA) is 85.8 Å². The molecule has 5 aromatic rings. The van der Waals surface area contributed by atoms with Gasteiger partial charge in [0.15, 0.2) is 10.9 Å². The second-order valence-corrected chi connectivity index (χ2v) is 9.45. The Morgan fingerprint density at radius 1 is 1.06 bits per heavy atom. The zero-order valence-electron chi connectivity index (χ0n) is 17.7. The van der Waals surface area contributed by atoms with Crippen molar-refractivity contribution in [1.82, 2.24) is 25.1 Å². The van der Waals surface area contributed by atoms with Gasteiger partial charge in [-0.25, -0.2) is 4.98 Å². The van der Waals surface area contributed by atoms with Gasteiger partial charge in [-0.2, -0.15) is 0 Å². The largest absolute Gasteiger partial charge is 0.461 e. The van der Waals surface area contributed by atoms with E-state index in [4.69, 9.17) is 16.0 Å². The SMILES string of the molecule is O=C(NCc1ccccc1)c1csc(CSc2nnc(-c3ccco3)n2-c2ccccc2Cl)n1. The fourth-order valence-corrected chi connectivity index (χ4v) is 5.21. The number of benzene rings is 2. The lowest BCUT2D eigenvalue weighted by Gasteiger charge is -2.10. The van der Waals surface area contributed by atoms with Crippen molar-refractivity contribution in [2.24, 2.45) is 0 Å². The summed E-state index contributed by atoms with van der Waals surface area (Å²) in [4.78, 5) is 17.0. The molecule has 0 saturated carbocycles. The Hall–Kier alpha value is -3.40. The Bertz CT molecular complexity index is 1400. The number of nitrogens with zero attached hydrogens (tertiary/aromatic N) is 4. The van der Waals surface area contributed by atoms with Crippen LogP contribution in [0.15, 0.2) is 87.9 Å². The number of carbonyl (C=O) groups is 1. The van der Waals surface area contributed by atoms with Gasteiger partial charge in [0.25, 0.3) is 5.91 Å². The van der Waals surface area contributed by atoms with Gasteiger partial charge in [0.05, 0.1) is 22.7 Å². The Morgan fingerprint density at radius 3 is 2.68 bits per heavy atom. The van der Waals surface area contributed by atoms with E-state index in [9.17, 15) is 4.79 Å². The van der Waals surface area contributed by atoms with E-state index >= 15 is 0 Å². The maximum absolute atomic E-state index is 12.5. The molecule has 0 fully saturated rings. The van der Waals surface area contributed by atoms with Gasteiger partial charge in [-0.05, 0) is 29.8 Å². The third-order valence-corrected chi connectivity index (χ3v) is 7.16. The van der Waals surface area contributed by atoms with E-state index in [0.717, 1.165) is 16.3 Å². The number of hydrogen-bond donors (Lipinski definition) is 1. The predicted molar refractivity (Wildman–Crippen MR) is 133 cm³/mol. The van der Waals surface area contributed by atoms with Crippen LogP contribution >= 0.6 is 34.7 Å². The first kappa shape index (κ1) is 22.4. The second kappa shape index (κ2) is 10.3. The van der Waals surface area contributed by atoms with Crippen molar-refractivity contribution in [2.75, 3.05) is 0 Å². The van der Waals surface area contributed by atoms with Crippen LogP contribution in [0.5, 0.6) is 0 Å². The van der Waals surface area contributed by atoms with Crippen molar-refractivity contribution in [1.29, 1.82) is 0 Å². The number of halogens is 1. The molecule has 170 valence electrons. The monoisotopic (exact) mass is 507 g/mol. The molecule has 1 N–H and O–H groups in total. The van der Waals surface area contributed by atoms with Crippen molar-refractivity contribution in [2.45, 2.75) is 17.5 Å². The fraction of sp³-hybridized carbons (Fsp3) is 0.0833. The molecule has 0 aliphatic heterocycles. The van der Waals surface area contributed by atoms with E-state index < -0.39 is 0 Å². The molecule has 2 aromatic carbocycles. The highest BCUT2D eigenvalue weighted by atomic mass is 35.5. The summed E-state index contributed by atoms with van der Waals surface area (Å²) in [5.41, 5.74) is 2.19. The van der Waals surface area contributed by atoms with Gasteiger partial charge in [-0.15, -0.1) is 21.5 Å². The van der Waals surface area contributed by atoms with E-state index in [1.807, 2.05) is 65.2 Å². The summed E-state index contributed by atoms with van der Waals surface area (Å²) in [7, 11) is 0. The number of thioether (sulfide) groups is 1. The molecule has 0 radical (unpaired) electrons. The molecule has 5 rings (SSSR count). The van der Waals surface area contributed by atoms with Crippen molar-refractivity contribution in [3.05, 3.63) is 99.7 Å². The van der Waals surface area contributed by atoms with Crippen LogP contribution in [0.2, 0.25) is 5.02 Å². The number of amides is 1. The molecular weight excluding hydrogens is 490 g/mol. The molecule has 3 aromatic heterocycles. The quantitative estimate of drug-likeness (QED) is 0.265. The third kappa shape index (κ3) is 4.91. The molecule has 0 atom stereocenters. The van der Waals surface area contributed by atoms with Gasteiger partial charge >= 0.3 is 0 Å². The van der Waals surface area contributed by atoms with E-state index in [1.165, 1.54) is 23.1 Å². The summed E-state index contributed by atoms with van der Waals surface area (Å²) in [6.07, 6.45) is 1.59. The lowest BCUT2D eigenvalue weighted by atomic mass is 10.2. The minimum Gasteiger partial charge on any atom is -0.461 e. The van der Waals surface area contributed by atoms with Gasteiger partial charge in [0, 0.05) is 11.9 Å². The lowest BCUT2D eigenvalue weighted by molar-refractivity contribution is 0.0946. The number of thiazole rings is 1. The highest BCUT2D eigenvalue weighted by Crippen LogP contribution is 2.33. The van der Waals surface area contributed by atoms with Crippen LogP contribution in [0, 0.1) is 0 Å². The summed E-state index contributed by atoms with van der Waals surface area (Å²) in [6, 6.07) is 20.9. The van der Waals surface area contributed by atoms with Gasteiger partial charge in [0.1, 0.15) is 10.7 Å². The maximum Gasteiger partial charge on any atom is 0.271 e. The van der Waals surface area contributed by atoms with E-state index in [1.54, 1.807) is 17.7 Å². The van der Waals surface area contributed by atoms with Crippen LogP contribution in [-0.4, -0.2) is 25.7 Å². The molecule has 7 nitrogen and oxygen atoms in total. The average molecular weight is 508 g/mol. The van der Waals surface area contributed by atoms with Gasteiger partial charge in [-0.3, -0.25) is 9.36 Å². The molecule has 0 unspecified atom stereocenters. The highest BCUT2D eigenvalue weighted by molar-refractivity contribution is 7.98. The molecule has 1 amide bonds. The Morgan fingerprint density at radius 2 is 1.88 bits per heavy atom. The van der Waals surface area contributed by atoms with Gasteiger partial charge < -0.3 is 9.73 Å². The number of para-hydroxylation sites is 1. The van der Waals surface area contributed by atoms with Crippen LogP contribution < -0.4 is 5.32 Å². The second-order valence-electron chi connectivity index (χ2n) is 7.15. The summed E-state index contributed by atoms with van der Waals surface area (Å²) in [5, 5.41) is 15.4. The molecule has 34 heavy (non-hydrogen) atoms. The Kier molecular flexibility index (Phi) is 6.75. The first-order valence-electron chi connectivity index (χ1n) is 10.3. The smallest absolute Gasteiger partial charge is 0.271 e. The molecular formula is C24H18ClN5O2S2. The van der Waals surface area contributed by atoms with Crippen LogP contribution in [0.3, 0.4) is 0 Å². The van der Waals surface area contributed by atoms with Crippen molar-refractivity contribution >= 4 is 40.6 Å². The first-order chi connectivity index (χ1) is 16.7. The lowest BCUT2D eigenvalue weighted by Crippen LogP contribution is -2.23. The van der Waals surface area contributed by atoms with Crippen molar-refractivity contribution in [3.8, 4) is 17.3 Å². The molecule has 0 bridgehead atoms. The number of carbonyl (C=O) groups excluding carboxylic acids is 1. The molecule has 0 spiro atoms. The van der Waals surface area contributed by atoms with E-state index in [2.05, 4.69) is 20.5 Å². The predicted octanol–water partition coefficient (Wildman–Crippen LogP) is 5.86. The minimum absolute atomic E-state index is 0.198. The molecule has 0 aliphatic rings. The van der Waals surface area contributed by atoms with E-state index in [0.29, 0.717) is 39.8 Å². The first-order valence-corrected chi connectivity index (χ1v) is 12.6. The normalized spacial score (nSPS) is 11.0. The summed E-state index contributed by atoms with van der Waals surface area (Å²) < 4.78 is 7.42. The fourth-order valence-electron chi connectivity index (χ4n) is 3.26. The van der Waals surface area contributed by atoms with Crippen LogP contribution in [-0.2, 0) is 12.3 Å². The van der Waals surface area contributed by atoms with Crippen molar-refractivity contribution in [3.63, 3.8) is 0 Å². The average Bonchev–Trinajstić information content (AvgIpc) is 3.63. The Balaban J connectivity index is 1.32. The molecule has 0 aliphatic carbocycles. The highest BCUT2D eigenvalue weighted by Gasteiger charge is 2.20. The number of furan rings is 1. The van der Waals surface area contributed by atoms with Gasteiger partial charge in [-0.1, -0.05) is 65.8 Å². The van der Waals surface area contributed by atoms with Crippen molar-refractivity contribution < 1.29 is 9.21 Å².